The Balaban J connectivity index is 2.02. The lowest BCUT2D eigenvalue weighted by atomic mass is 10.2. The highest BCUT2D eigenvalue weighted by molar-refractivity contribution is 5.95. The summed E-state index contributed by atoms with van der Waals surface area (Å²) in [5.74, 6) is 0.285. The number of benzene rings is 2. The number of hydrogen-bond donors (Lipinski definition) is 2. The van der Waals surface area contributed by atoms with Gasteiger partial charge in [0, 0.05) is 17.8 Å². The first-order valence-electron chi connectivity index (χ1n) is 6.93. The number of nitro groups is 1. The minimum Gasteiger partial charge on any atom is -0.495 e. The van der Waals surface area contributed by atoms with Crippen LogP contribution in [0.15, 0.2) is 42.5 Å². The van der Waals surface area contributed by atoms with Crippen molar-refractivity contribution in [3.63, 3.8) is 0 Å². The minimum atomic E-state index is -0.473. The van der Waals surface area contributed by atoms with Crippen LogP contribution in [0.2, 0.25) is 0 Å². The summed E-state index contributed by atoms with van der Waals surface area (Å²) in [6, 6.07) is 11.5. The highest BCUT2D eigenvalue weighted by Gasteiger charge is 2.11. The van der Waals surface area contributed by atoms with E-state index >= 15 is 0 Å². The summed E-state index contributed by atoms with van der Waals surface area (Å²) < 4.78 is 5.16. The summed E-state index contributed by atoms with van der Waals surface area (Å²) in [6.07, 6.45) is 0. The largest absolute Gasteiger partial charge is 0.495 e. The molecule has 7 heteroatoms. The van der Waals surface area contributed by atoms with Gasteiger partial charge in [-0.3, -0.25) is 14.9 Å². The summed E-state index contributed by atoms with van der Waals surface area (Å²) in [6.45, 7) is 1.80. The van der Waals surface area contributed by atoms with Gasteiger partial charge in [-0.1, -0.05) is 18.2 Å². The number of non-ortho nitro benzene ring substituents is 1. The van der Waals surface area contributed by atoms with Crippen molar-refractivity contribution in [1.82, 2.24) is 0 Å². The molecule has 0 aliphatic carbocycles. The number of nitro benzene ring substituents is 1. The number of amides is 1. The fourth-order valence-electron chi connectivity index (χ4n) is 2.03. The molecule has 0 saturated carbocycles. The molecule has 0 bridgehead atoms. The minimum absolute atomic E-state index is 0.0138. The predicted molar refractivity (Wildman–Crippen MR) is 87.9 cm³/mol. The maximum atomic E-state index is 12.0. The summed E-state index contributed by atoms with van der Waals surface area (Å²) in [7, 11) is 1.52. The summed E-state index contributed by atoms with van der Waals surface area (Å²) in [4.78, 5) is 22.3. The molecule has 2 aromatic rings. The highest BCUT2D eigenvalue weighted by Crippen LogP contribution is 2.24. The van der Waals surface area contributed by atoms with E-state index in [1.165, 1.54) is 19.2 Å². The second-order valence-corrected chi connectivity index (χ2v) is 4.86. The molecule has 0 saturated heterocycles. The van der Waals surface area contributed by atoms with E-state index in [9.17, 15) is 14.9 Å². The van der Waals surface area contributed by atoms with E-state index in [1.807, 2.05) is 6.92 Å². The quantitative estimate of drug-likeness (QED) is 0.631. The van der Waals surface area contributed by atoms with Gasteiger partial charge in [0.05, 0.1) is 24.3 Å². The number of nitrogens with one attached hydrogen (secondary N) is 2. The maximum absolute atomic E-state index is 12.0. The van der Waals surface area contributed by atoms with Gasteiger partial charge in [-0.2, -0.15) is 0 Å². The molecule has 1 amide bonds. The number of ether oxygens (including phenoxy) is 1. The molecule has 0 aromatic heterocycles. The lowest BCUT2D eigenvalue weighted by Crippen LogP contribution is -2.22. The lowest BCUT2D eigenvalue weighted by molar-refractivity contribution is -0.384. The van der Waals surface area contributed by atoms with E-state index in [1.54, 1.807) is 30.3 Å². The van der Waals surface area contributed by atoms with E-state index < -0.39 is 4.92 Å². The van der Waals surface area contributed by atoms with Crippen molar-refractivity contribution < 1.29 is 14.5 Å². The number of nitrogens with zero attached hydrogens (tertiary/aromatic N) is 1. The first-order valence-corrected chi connectivity index (χ1v) is 6.93. The molecule has 7 nitrogen and oxygen atoms in total. The highest BCUT2D eigenvalue weighted by atomic mass is 16.6. The van der Waals surface area contributed by atoms with E-state index in [0.29, 0.717) is 17.1 Å². The first-order chi connectivity index (χ1) is 11.0. The van der Waals surface area contributed by atoms with E-state index in [0.717, 1.165) is 5.56 Å². The molecule has 120 valence electrons. The standard InChI is InChI=1S/C16H17N3O4/c1-11-7-8-12(19(21)22)9-14(11)17-10-16(20)18-13-5-3-4-6-15(13)23-2/h3-9,17H,10H2,1-2H3,(H,18,20). The molecule has 2 aromatic carbocycles. The van der Waals surface area contributed by atoms with Gasteiger partial charge < -0.3 is 15.4 Å². The van der Waals surface area contributed by atoms with E-state index in [2.05, 4.69) is 10.6 Å². The first kappa shape index (κ1) is 16.3. The van der Waals surface area contributed by atoms with Crippen LogP contribution >= 0.6 is 0 Å². The summed E-state index contributed by atoms with van der Waals surface area (Å²) in [5, 5.41) is 16.4. The fraction of sp³-hybridized carbons (Fsp3) is 0.188. The molecule has 0 unspecified atom stereocenters. The fourth-order valence-corrected chi connectivity index (χ4v) is 2.03. The van der Waals surface area contributed by atoms with Crippen LogP contribution in [0.4, 0.5) is 17.1 Å². The Morgan fingerprint density at radius 1 is 1.22 bits per heavy atom. The van der Waals surface area contributed by atoms with Gasteiger partial charge in [0.2, 0.25) is 5.91 Å². The molecule has 2 N–H and O–H groups in total. The summed E-state index contributed by atoms with van der Waals surface area (Å²) in [5.41, 5.74) is 1.91. The molecular weight excluding hydrogens is 298 g/mol. The average Bonchev–Trinajstić information content (AvgIpc) is 2.54. The molecule has 0 atom stereocenters. The Morgan fingerprint density at radius 2 is 1.96 bits per heavy atom. The maximum Gasteiger partial charge on any atom is 0.271 e. The van der Waals surface area contributed by atoms with Gasteiger partial charge >= 0.3 is 0 Å². The Labute approximate surface area is 133 Å². The third-order valence-corrected chi connectivity index (χ3v) is 3.25. The Morgan fingerprint density at radius 3 is 2.65 bits per heavy atom. The topological polar surface area (TPSA) is 93.5 Å². The van der Waals surface area contributed by atoms with E-state index in [4.69, 9.17) is 4.74 Å². The number of carbonyl (C=O) groups excluding carboxylic acids is 1. The van der Waals surface area contributed by atoms with Crippen LogP contribution in [0.3, 0.4) is 0 Å². The Hall–Kier alpha value is -3.09. The number of para-hydroxylation sites is 2. The lowest BCUT2D eigenvalue weighted by Gasteiger charge is -2.12. The van der Waals surface area contributed by atoms with E-state index in [-0.39, 0.29) is 18.1 Å². The summed E-state index contributed by atoms with van der Waals surface area (Å²) >= 11 is 0. The van der Waals surface area contributed by atoms with Gasteiger partial charge in [0.1, 0.15) is 5.75 Å². The molecule has 0 aliphatic heterocycles. The molecule has 0 spiro atoms. The van der Waals surface area contributed by atoms with Crippen LogP contribution in [-0.2, 0) is 4.79 Å². The zero-order valence-corrected chi connectivity index (χ0v) is 12.8. The number of carbonyl (C=O) groups is 1. The van der Waals surface area contributed by atoms with Crippen molar-refractivity contribution in [2.75, 3.05) is 24.3 Å². The number of aryl methyl sites for hydroxylation is 1. The van der Waals surface area contributed by atoms with Crippen LogP contribution in [0.1, 0.15) is 5.56 Å². The van der Waals surface area contributed by atoms with Crippen molar-refractivity contribution in [1.29, 1.82) is 0 Å². The predicted octanol–water partition coefficient (Wildman–Crippen LogP) is 2.96. The van der Waals surface area contributed by atoms with Crippen molar-refractivity contribution in [3.8, 4) is 5.75 Å². The molecule has 0 fully saturated rings. The molecule has 23 heavy (non-hydrogen) atoms. The van der Waals surface area contributed by atoms with Gasteiger partial charge in [0.15, 0.2) is 0 Å². The van der Waals surface area contributed by atoms with Gasteiger partial charge in [-0.25, -0.2) is 0 Å². The van der Waals surface area contributed by atoms with Crippen LogP contribution < -0.4 is 15.4 Å². The number of hydrogen-bond acceptors (Lipinski definition) is 5. The van der Waals surface area contributed by atoms with Crippen molar-refractivity contribution in [2.45, 2.75) is 6.92 Å². The third-order valence-electron chi connectivity index (χ3n) is 3.25. The van der Waals surface area contributed by atoms with Gasteiger partial charge in [-0.05, 0) is 24.6 Å². The van der Waals surface area contributed by atoms with Crippen molar-refractivity contribution in [2.24, 2.45) is 0 Å². The zero-order valence-electron chi connectivity index (χ0n) is 12.8. The van der Waals surface area contributed by atoms with Crippen molar-refractivity contribution in [3.05, 3.63) is 58.1 Å². The van der Waals surface area contributed by atoms with Gasteiger partial charge in [0.25, 0.3) is 5.69 Å². The molecule has 0 aliphatic rings. The van der Waals surface area contributed by atoms with Gasteiger partial charge in [-0.15, -0.1) is 0 Å². The van der Waals surface area contributed by atoms with Crippen LogP contribution in [0.25, 0.3) is 0 Å². The second kappa shape index (κ2) is 7.26. The molecule has 0 radical (unpaired) electrons. The van der Waals surface area contributed by atoms with Crippen LogP contribution in [0, 0.1) is 17.0 Å². The Bertz CT molecular complexity index is 731. The monoisotopic (exact) mass is 315 g/mol. The Kier molecular flexibility index (Phi) is 5.14. The molecular formula is C16H17N3O4. The average molecular weight is 315 g/mol. The molecule has 0 heterocycles. The zero-order chi connectivity index (χ0) is 16.8. The third kappa shape index (κ3) is 4.19. The normalized spacial score (nSPS) is 10.0. The SMILES string of the molecule is COc1ccccc1NC(=O)CNc1cc([N+](=O)[O-])ccc1C. The molecule has 2 rings (SSSR count). The van der Waals surface area contributed by atoms with Crippen LogP contribution in [0.5, 0.6) is 5.75 Å². The smallest absolute Gasteiger partial charge is 0.271 e. The second-order valence-electron chi connectivity index (χ2n) is 4.86. The number of anilines is 2. The van der Waals surface area contributed by atoms with Crippen molar-refractivity contribution >= 4 is 23.0 Å². The van der Waals surface area contributed by atoms with Crippen LogP contribution in [-0.4, -0.2) is 24.5 Å². The number of methoxy groups -OCH3 is 1. The number of rotatable bonds is 6.